The lowest BCUT2D eigenvalue weighted by atomic mass is 10.2. The summed E-state index contributed by atoms with van der Waals surface area (Å²) in [6.45, 7) is 0.908. The summed E-state index contributed by atoms with van der Waals surface area (Å²) in [6, 6.07) is 9.24. The van der Waals surface area contributed by atoms with Gasteiger partial charge in [-0.2, -0.15) is 5.10 Å². The number of aliphatic hydroxyl groups excluding tert-OH is 1. The Kier molecular flexibility index (Phi) is 4.73. The third kappa shape index (κ3) is 3.83. The highest BCUT2D eigenvalue weighted by molar-refractivity contribution is 5.89. The van der Waals surface area contributed by atoms with Crippen molar-refractivity contribution >= 4 is 11.7 Å². The minimum atomic E-state index is -0.240. The van der Waals surface area contributed by atoms with E-state index in [-0.39, 0.29) is 12.6 Å². The Labute approximate surface area is 117 Å². The molecule has 2 amide bonds. The number of aromatic nitrogens is 2. The first kappa shape index (κ1) is 14.1. The number of aliphatic hydroxyl groups is 1. The summed E-state index contributed by atoms with van der Waals surface area (Å²) >= 11 is 0. The van der Waals surface area contributed by atoms with E-state index in [4.69, 9.17) is 5.11 Å². The van der Waals surface area contributed by atoms with Gasteiger partial charge in [-0.15, -0.1) is 0 Å². The molecule has 1 aromatic carbocycles. The fourth-order valence-corrected chi connectivity index (χ4v) is 1.80. The minimum Gasteiger partial charge on any atom is -0.395 e. The maximum absolute atomic E-state index is 11.8. The molecule has 6 nitrogen and oxygen atoms in total. The fourth-order valence-electron chi connectivity index (χ4n) is 1.80. The molecule has 0 radical (unpaired) electrons. The maximum Gasteiger partial charge on any atom is 0.321 e. The van der Waals surface area contributed by atoms with Crippen LogP contribution < -0.4 is 5.32 Å². The smallest absolute Gasteiger partial charge is 0.321 e. The van der Waals surface area contributed by atoms with Crippen LogP contribution in [0.4, 0.5) is 10.5 Å². The van der Waals surface area contributed by atoms with Gasteiger partial charge in [0.15, 0.2) is 0 Å². The highest BCUT2D eigenvalue weighted by atomic mass is 16.3. The molecule has 0 unspecified atom stereocenters. The summed E-state index contributed by atoms with van der Waals surface area (Å²) in [5, 5.41) is 15.7. The van der Waals surface area contributed by atoms with E-state index >= 15 is 0 Å². The van der Waals surface area contributed by atoms with Gasteiger partial charge in [-0.05, 0) is 23.8 Å². The molecule has 20 heavy (non-hydrogen) atoms. The molecule has 1 aromatic heterocycles. The van der Waals surface area contributed by atoms with E-state index in [1.807, 2.05) is 41.2 Å². The van der Waals surface area contributed by atoms with Crippen LogP contribution >= 0.6 is 0 Å². The van der Waals surface area contributed by atoms with Crippen molar-refractivity contribution in [3.63, 3.8) is 0 Å². The fraction of sp³-hybridized carbons (Fsp3) is 0.286. The zero-order chi connectivity index (χ0) is 14.4. The first-order valence-corrected chi connectivity index (χ1v) is 6.38. The second kappa shape index (κ2) is 6.72. The number of anilines is 1. The Bertz CT molecular complexity index is 554. The number of hydrogen-bond donors (Lipinski definition) is 2. The van der Waals surface area contributed by atoms with Gasteiger partial charge in [0.2, 0.25) is 0 Å². The van der Waals surface area contributed by atoms with Crippen LogP contribution in [0.15, 0.2) is 42.7 Å². The summed E-state index contributed by atoms with van der Waals surface area (Å²) < 4.78 is 1.82. The average molecular weight is 274 g/mol. The number of rotatable bonds is 5. The highest BCUT2D eigenvalue weighted by Crippen LogP contribution is 2.12. The molecule has 0 saturated heterocycles. The molecule has 0 bridgehead atoms. The summed E-state index contributed by atoms with van der Waals surface area (Å²) in [5.41, 5.74) is 1.78. The van der Waals surface area contributed by atoms with Crippen LogP contribution in [0.2, 0.25) is 0 Å². The number of benzene rings is 1. The van der Waals surface area contributed by atoms with E-state index in [2.05, 4.69) is 10.4 Å². The Morgan fingerprint density at radius 3 is 3.00 bits per heavy atom. The molecular weight excluding hydrogens is 256 g/mol. The van der Waals surface area contributed by atoms with Gasteiger partial charge < -0.3 is 15.3 Å². The van der Waals surface area contributed by atoms with Crippen molar-refractivity contribution in [2.24, 2.45) is 0 Å². The van der Waals surface area contributed by atoms with E-state index in [1.54, 1.807) is 13.2 Å². The van der Waals surface area contributed by atoms with Crippen LogP contribution in [-0.2, 0) is 6.54 Å². The third-order valence-electron chi connectivity index (χ3n) is 2.86. The number of likely N-dealkylation sites (N-methyl/N-ethyl adjacent to an activating group) is 1. The Hall–Kier alpha value is -2.34. The molecule has 0 atom stereocenters. The molecule has 2 N–H and O–H groups in total. The number of nitrogens with zero attached hydrogens (tertiary/aromatic N) is 3. The molecule has 0 saturated carbocycles. The molecule has 106 valence electrons. The lowest BCUT2D eigenvalue weighted by Crippen LogP contribution is -2.33. The highest BCUT2D eigenvalue weighted by Gasteiger charge is 2.08. The molecule has 0 aliphatic rings. The lowest BCUT2D eigenvalue weighted by molar-refractivity contribution is 0.202. The second-order valence-electron chi connectivity index (χ2n) is 4.48. The van der Waals surface area contributed by atoms with Crippen LogP contribution in [0.5, 0.6) is 0 Å². The topological polar surface area (TPSA) is 70.4 Å². The number of amides is 2. The molecule has 2 aromatic rings. The number of urea groups is 1. The summed E-state index contributed by atoms with van der Waals surface area (Å²) in [6.07, 6.45) is 3.62. The predicted molar refractivity (Wildman–Crippen MR) is 76.5 cm³/mol. The van der Waals surface area contributed by atoms with Crippen molar-refractivity contribution in [3.8, 4) is 0 Å². The molecule has 0 aliphatic carbocycles. The van der Waals surface area contributed by atoms with E-state index in [1.165, 1.54) is 4.90 Å². The molecule has 0 fully saturated rings. The second-order valence-corrected chi connectivity index (χ2v) is 4.48. The van der Waals surface area contributed by atoms with Crippen LogP contribution in [0, 0.1) is 0 Å². The number of nitrogens with one attached hydrogen (secondary N) is 1. The third-order valence-corrected chi connectivity index (χ3v) is 2.86. The average Bonchev–Trinajstić information content (AvgIpc) is 2.92. The maximum atomic E-state index is 11.8. The van der Waals surface area contributed by atoms with E-state index in [0.29, 0.717) is 13.1 Å². The molecule has 6 heteroatoms. The van der Waals surface area contributed by atoms with Crippen LogP contribution in [-0.4, -0.2) is 46.0 Å². The number of hydrogen-bond acceptors (Lipinski definition) is 3. The van der Waals surface area contributed by atoms with Crippen LogP contribution in [0.25, 0.3) is 0 Å². The van der Waals surface area contributed by atoms with Gasteiger partial charge in [0, 0.05) is 31.7 Å². The standard InChI is InChI=1S/C14H18N4O2/c1-17(8-9-19)14(20)16-13-5-2-4-12(10-13)11-18-7-3-6-15-18/h2-7,10,19H,8-9,11H2,1H3,(H,16,20). The van der Waals surface area contributed by atoms with Crippen molar-refractivity contribution in [2.75, 3.05) is 25.5 Å². The first-order chi connectivity index (χ1) is 9.69. The van der Waals surface area contributed by atoms with Gasteiger partial charge in [-0.3, -0.25) is 4.68 Å². The predicted octanol–water partition coefficient (Wildman–Crippen LogP) is 1.39. The monoisotopic (exact) mass is 274 g/mol. The van der Waals surface area contributed by atoms with E-state index in [0.717, 1.165) is 11.3 Å². The first-order valence-electron chi connectivity index (χ1n) is 6.38. The quantitative estimate of drug-likeness (QED) is 0.865. The van der Waals surface area contributed by atoms with Crippen molar-refractivity contribution in [1.29, 1.82) is 0 Å². The van der Waals surface area contributed by atoms with Gasteiger partial charge >= 0.3 is 6.03 Å². The Balaban J connectivity index is 2.00. The van der Waals surface area contributed by atoms with E-state index < -0.39 is 0 Å². The SMILES string of the molecule is CN(CCO)C(=O)Nc1cccc(Cn2cccn2)c1. The van der Waals surface area contributed by atoms with Crippen molar-refractivity contribution in [1.82, 2.24) is 14.7 Å². The van der Waals surface area contributed by atoms with Gasteiger partial charge in [0.25, 0.3) is 0 Å². The van der Waals surface area contributed by atoms with Crippen LogP contribution in [0.3, 0.4) is 0 Å². The van der Waals surface area contributed by atoms with Crippen LogP contribution in [0.1, 0.15) is 5.56 Å². The zero-order valence-corrected chi connectivity index (χ0v) is 11.4. The summed E-state index contributed by atoms with van der Waals surface area (Å²) in [7, 11) is 1.64. The van der Waals surface area contributed by atoms with Gasteiger partial charge in [-0.1, -0.05) is 12.1 Å². The number of carbonyl (C=O) groups is 1. The zero-order valence-electron chi connectivity index (χ0n) is 11.4. The van der Waals surface area contributed by atoms with Gasteiger partial charge in [-0.25, -0.2) is 4.79 Å². The summed E-state index contributed by atoms with van der Waals surface area (Å²) in [5.74, 6) is 0. The van der Waals surface area contributed by atoms with Gasteiger partial charge in [0.05, 0.1) is 13.2 Å². The number of carbonyl (C=O) groups excluding carboxylic acids is 1. The Morgan fingerprint density at radius 2 is 2.30 bits per heavy atom. The lowest BCUT2D eigenvalue weighted by Gasteiger charge is -2.16. The van der Waals surface area contributed by atoms with Crippen molar-refractivity contribution in [3.05, 3.63) is 48.3 Å². The van der Waals surface area contributed by atoms with Crippen molar-refractivity contribution < 1.29 is 9.90 Å². The molecular formula is C14H18N4O2. The molecule has 1 heterocycles. The van der Waals surface area contributed by atoms with Gasteiger partial charge in [0.1, 0.15) is 0 Å². The molecule has 0 spiro atoms. The molecule has 2 rings (SSSR count). The molecule has 0 aliphatic heterocycles. The summed E-state index contributed by atoms with van der Waals surface area (Å²) in [4.78, 5) is 13.2. The minimum absolute atomic E-state index is 0.0523. The Morgan fingerprint density at radius 1 is 1.45 bits per heavy atom. The largest absolute Gasteiger partial charge is 0.395 e. The normalized spacial score (nSPS) is 10.3. The van der Waals surface area contributed by atoms with Crippen molar-refractivity contribution in [2.45, 2.75) is 6.54 Å². The van der Waals surface area contributed by atoms with E-state index in [9.17, 15) is 4.79 Å².